The van der Waals surface area contributed by atoms with Crippen molar-refractivity contribution in [1.82, 2.24) is 10.3 Å². The van der Waals surface area contributed by atoms with Crippen molar-refractivity contribution >= 4 is 28.8 Å². The molecular weight excluding hydrogens is 320 g/mol. The van der Waals surface area contributed by atoms with Crippen LogP contribution in [0.2, 0.25) is 0 Å². The van der Waals surface area contributed by atoms with Crippen molar-refractivity contribution in [2.45, 2.75) is 13.2 Å². The molecular formula is C18H20N4O3. The van der Waals surface area contributed by atoms with E-state index >= 15 is 0 Å². The van der Waals surface area contributed by atoms with Gasteiger partial charge in [-0.05, 0) is 23.3 Å². The number of fused-ring (bicyclic) bond motifs is 1. The van der Waals surface area contributed by atoms with E-state index in [0.29, 0.717) is 23.8 Å². The maximum absolute atomic E-state index is 12.1. The van der Waals surface area contributed by atoms with Crippen LogP contribution in [0, 0.1) is 0 Å². The number of nitrogens with one attached hydrogen (secondary N) is 2. The van der Waals surface area contributed by atoms with Gasteiger partial charge in [0.2, 0.25) is 0 Å². The zero-order valence-electron chi connectivity index (χ0n) is 14.1. The number of anilines is 2. The fourth-order valence-corrected chi connectivity index (χ4v) is 2.42. The summed E-state index contributed by atoms with van der Waals surface area (Å²) in [6.45, 7) is 0.272. The summed E-state index contributed by atoms with van der Waals surface area (Å²) in [6.07, 6.45) is 0. The zero-order valence-corrected chi connectivity index (χ0v) is 14.1. The number of hydrogen-bond donors (Lipinski definition) is 3. The number of aromatic nitrogens is 1. The van der Waals surface area contributed by atoms with Gasteiger partial charge in [0.1, 0.15) is 5.52 Å². The van der Waals surface area contributed by atoms with Crippen LogP contribution in [0.15, 0.2) is 46.9 Å². The Morgan fingerprint density at radius 2 is 1.96 bits per heavy atom. The Balaban J connectivity index is 1.65. The molecule has 1 aromatic heterocycles. The molecule has 25 heavy (non-hydrogen) atoms. The normalized spacial score (nSPS) is 10.7. The van der Waals surface area contributed by atoms with Gasteiger partial charge in [-0.25, -0.2) is 4.79 Å². The summed E-state index contributed by atoms with van der Waals surface area (Å²) in [7, 11) is 3.70. The Morgan fingerprint density at radius 3 is 2.68 bits per heavy atom. The topological polar surface area (TPSA) is 90.6 Å². The lowest BCUT2D eigenvalue weighted by Crippen LogP contribution is -2.28. The number of benzene rings is 2. The predicted octanol–water partition coefficient (Wildman–Crippen LogP) is 2.71. The van der Waals surface area contributed by atoms with Crippen molar-refractivity contribution in [1.29, 1.82) is 0 Å². The van der Waals surface area contributed by atoms with Gasteiger partial charge in [-0.15, -0.1) is 0 Å². The molecule has 7 nitrogen and oxygen atoms in total. The number of carbonyl (C=O) groups is 1. The van der Waals surface area contributed by atoms with Gasteiger partial charge in [0, 0.05) is 32.4 Å². The van der Waals surface area contributed by atoms with Gasteiger partial charge < -0.3 is 25.1 Å². The lowest BCUT2D eigenvalue weighted by atomic mass is 10.1. The van der Waals surface area contributed by atoms with E-state index in [2.05, 4.69) is 15.6 Å². The van der Waals surface area contributed by atoms with Crippen molar-refractivity contribution in [2.75, 3.05) is 24.3 Å². The molecule has 0 fully saturated rings. The van der Waals surface area contributed by atoms with Gasteiger partial charge in [-0.2, -0.15) is 4.98 Å². The van der Waals surface area contributed by atoms with Gasteiger partial charge in [0.05, 0.1) is 6.61 Å². The molecule has 2 amide bonds. The van der Waals surface area contributed by atoms with Gasteiger partial charge in [-0.3, -0.25) is 0 Å². The van der Waals surface area contributed by atoms with E-state index in [4.69, 9.17) is 4.42 Å². The summed E-state index contributed by atoms with van der Waals surface area (Å²) < 4.78 is 5.63. The maximum Gasteiger partial charge on any atom is 0.319 e. The minimum absolute atomic E-state index is 0.0597. The van der Waals surface area contributed by atoms with E-state index in [-0.39, 0.29) is 12.6 Å². The first-order valence-corrected chi connectivity index (χ1v) is 7.87. The van der Waals surface area contributed by atoms with Crippen LogP contribution < -0.4 is 15.5 Å². The van der Waals surface area contributed by atoms with Gasteiger partial charge in [-0.1, -0.05) is 24.3 Å². The summed E-state index contributed by atoms with van der Waals surface area (Å²) in [5.74, 6) is 0. The lowest BCUT2D eigenvalue weighted by molar-refractivity contribution is 0.251. The molecule has 0 aliphatic rings. The second-order valence-electron chi connectivity index (χ2n) is 5.81. The summed E-state index contributed by atoms with van der Waals surface area (Å²) in [4.78, 5) is 18.2. The number of hydrogen-bond acceptors (Lipinski definition) is 5. The number of aliphatic hydroxyl groups excluding tert-OH is 1. The van der Waals surface area contributed by atoms with Gasteiger partial charge in [0.15, 0.2) is 5.58 Å². The molecule has 130 valence electrons. The first kappa shape index (κ1) is 16.8. The summed E-state index contributed by atoms with van der Waals surface area (Å²) in [5.41, 5.74) is 3.61. The minimum atomic E-state index is -0.334. The smallest absolute Gasteiger partial charge is 0.319 e. The third kappa shape index (κ3) is 3.89. The van der Waals surface area contributed by atoms with Crippen molar-refractivity contribution in [2.24, 2.45) is 0 Å². The first-order chi connectivity index (χ1) is 12.1. The third-order valence-electron chi connectivity index (χ3n) is 3.75. The summed E-state index contributed by atoms with van der Waals surface area (Å²) in [6, 6.07) is 12.9. The van der Waals surface area contributed by atoms with Crippen LogP contribution in [-0.2, 0) is 13.2 Å². The quantitative estimate of drug-likeness (QED) is 0.664. The highest BCUT2D eigenvalue weighted by atomic mass is 16.4. The van der Waals surface area contributed by atoms with E-state index in [0.717, 1.165) is 16.6 Å². The number of amides is 2. The molecule has 0 saturated heterocycles. The predicted molar refractivity (Wildman–Crippen MR) is 96.6 cm³/mol. The molecule has 0 atom stereocenters. The van der Waals surface area contributed by atoms with Crippen LogP contribution >= 0.6 is 0 Å². The van der Waals surface area contributed by atoms with Crippen LogP contribution in [-0.4, -0.2) is 30.2 Å². The summed E-state index contributed by atoms with van der Waals surface area (Å²) >= 11 is 0. The van der Waals surface area contributed by atoms with Crippen LogP contribution in [0.4, 0.5) is 16.5 Å². The van der Waals surface area contributed by atoms with Crippen molar-refractivity contribution in [3.05, 3.63) is 53.6 Å². The van der Waals surface area contributed by atoms with Gasteiger partial charge in [0.25, 0.3) is 6.01 Å². The van der Waals surface area contributed by atoms with Crippen molar-refractivity contribution in [3.63, 3.8) is 0 Å². The Kier molecular flexibility index (Phi) is 4.85. The van der Waals surface area contributed by atoms with E-state index in [1.165, 1.54) is 0 Å². The lowest BCUT2D eigenvalue weighted by Gasteiger charge is -2.10. The van der Waals surface area contributed by atoms with Crippen molar-refractivity contribution < 1.29 is 14.3 Å². The molecule has 3 N–H and O–H groups in total. The molecule has 0 radical (unpaired) electrons. The monoisotopic (exact) mass is 340 g/mol. The van der Waals surface area contributed by atoms with E-state index in [1.54, 1.807) is 23.1 Å². The molecule has 0 aliphatic heterocycles. The number of rotatable bonds is 5. The fourth-order valence-electron chi connectivity index (χ4n) is 2.42. The number of urea groups is 1. The van der Waals surface area contributed by atoms with E-state index in [1.807, 2.05) is 38.4 Å². The highest BCUT2D eigenvalue weighted by Gasteiger charge is 2.09. The number of oxazole rings is 1. The minimum Gasteiger partial charge on any atom is -0.423 e. The Labute approximate surface area is 145 Å². The average Bonchev–Trinajstić information content (AvgIpc) is 3.04. The highest BCUT2D eigenvalue weighted by molar-refractivity contribution is 5.91. The number of nitrogens with zero attached hydrogens (tertiary/aromatic N) is 2. The summed E-state index contributed by atoms with van der Waals surface area (Å²) in [5, 5.41) is 14.9. The molecule has 0 bridgehead atoms. The van der Waals surface area contributed by atoms with E-state index < -0.39 is 0 Å². The Hall–Kier alpha value is -3.06. The largest absolute Gasteiger partial charge is 0.423 e. The number of carbonyl (C=O) groups excluding carboxylic acids is 1. The van der Waals surface area contributed by atoms with Crippen LogP contribution in [0.3, 0.4) is 0 Å². The molecule has 7 heteroatoms. The van der Waals surface area contributed by atoms with Gasteiger partial charge >= 0.3 is 6.03 Å². The van der Waals surface area contributed by atoms with Crippen LogP contribution in [0.1, 0.15) is 11.1 Å². The maximum atomic E-state index is 12.1. The highest BCUT2D eigenvalue weighted by Crippen LogP contribution is 2.23. The molecule has 0 saturated carbocycles. The zero-order chi connectivity index (χ0) is 17.8. The Morgan fingerprint density at radius 1 is 1.20 bits per heavy atom. The van der Waals surface area contributed by atoms with Crippen LogP contribution in [0.5, 0.6) is 0 Å². The SMILES string of the molecule is CN(C)c1nc2ccc(NC(=O)NCc3ccccc3CO)cc2o1. The number of aliphatic hydroxyl groups is 1. The standard InChI is InChI=1S/C18H20N4O3/c1-22(2)18-21-15-8-7-14(9-16(15)25-18)20-17(24)19-10-12-5-3-4-6-13(12)11-23/h3-9,23H,10-11H2,1-2H3,(H2,19,20,24). The second-order valence-corrected chi connectivity index (χ2v) is 5.81. The first-order valence-electron chi connectivity index (χ1n) is 7.87. The fraction of sp³-hybridized carbons (Fsp3) is 0.222. The van der Waals surface area contributed by atoms with Crippen molar-refractivity contribution in [3.8, 4) is 0 Å². The molecule has 3 rings (SSSR count). The average molecular weight is 340 g/mol. The molecule has 2 aromatic carbocycles. The second kappa shape index (κ2) is 7.23. The van der Waals surface area contributed by atoms with E-state index in [9.17, 15) is 9.90 Å². The molecule has 0 unspecified atom stereocenters. The molecule has 0 spiro atoms. The Bertz CT molecular complexity index is 889. The molecule has 0 aliphatic carbocycles. The molecule has 1 heterocycles. The van der Waals surface area contributed by atoms with Crippen LogP contribution in [0.25, 0.3) is 11.1 Å². The third-order valence-corrected chi connectivity index (χ3v) is 3.75. The molecule has 3 aromatic rings.